The second-order valence-corrected chi connectivity index (χ2v) is 9.02. The number of alkyl halides is 3. The zero-order valence-corrected chi connectivity index (χ0v) is 19.8. The first-order chi connectivity index (χ1) is 16.7. The normalized spacial score (nSPS) is 15.0. The molecule has 0 aliphatic carbocycles. The summed E-state index contributed by atoms with van der Waals surface area (Å²) in [5.41, 5.74) is 1.85. The third-order valence-corrected chi connectivity index (χ3v) is 6.08. The second-order valence-electron chi connectivity index (χ2n) is 9.02. The van der Waals surface area contributed by atoms with E-state index in [9.17, 15) is 18.0 Å². The summed E-state index contributed by atoms with van der Waals surface area (Å²) in [6, 6.07) is 12.4. The Bertz CT molecular complexity index is 1120. The van der Waals surface area contributed by atoms with E-state index in [-0.39, 0.29) is 17.6 Å². The van der Waals surface area contributed by atoms with E-state index in [1.54, 1.807) is 9.58 Å². The fourth-order valence-electron chi connectivity index (χ4n) is 4.26. The van der Waals surface area contributed by atoms with Gasteiger partial charge in [0.25, 0.3) is 5.91 Å². The molecule has 3 aromatic rings. The fourth-order valence-corrected chi connectivity index (χ4v) is 4.26. The molecular weight excluding hydrogens is 457 g/mol. The summed E-state index contributed by atoms with van der Waals surface area (Å²) in [7, 11) is 3.97. The number of halogens is 3. The number of aromatic nitrogens is 2. The summed E-state index contributed by atoms with van der Waals surface area (Å²) in [6.07, 6.45) is 0.798. The lowest BCUT2D eigenvalue weighted by Crippen LogP contribution is -2.41. The molecule has 2 heterocycles. The summed E-state index contributed by atoms with van der Waals surface area (Å²) in [5.74, 6) is 0.535. The molecule has 1 fully saturated rings. The molecule has 0 radical (unpaired) electrons. The van der Waals surface area contributed by atoms with Crippen LogP contribution in [0.1, 0.15) is 39.9 Å². The Balaban J connectivity index is 1.23. The number of carbonyl (C=O) groups is 1. The molecule has 4 rings (SSSR count). The SMILES string of the molecule is CN(Cc1ccc(OC2CCN(C(=O)c3ccc(C(F)(F)F)cc3)CC2)cc1)Cc1cnn(C)c1. The zero-order valence-electron chi connectivity index (χ0n) is 19.8. The van der Waals surface area contributed by atoms with Crippen molar-refractivity contribution in [3.63, 3.8) is 0 Å². The molecule has 0 N–H and O–H groups in total. The number of benzene rings is 2. The van der Waals surface area contributed by atoms with Gasteiger partial charge in [-0.2, -0.15) is 18.3 Å². The molecule has 0 spiro atoms. The fraction of sp³-hybridized carbons (Fsp3) is 0.385. The molecule has 0 bridgehead atoms. The van der Waals surface area contributed by atoms with Crippen LogP contribution in [0.4, 0.5) is 13.2 Å². The number of ether oxygens (including phenoxy) is 1. The first-order valence-corrected chi connectivity index (χ1v) is 11.6. The highest BCUT2D eigenvalue weighted by Crippen LogP contribution is 2.29. The van der Waals surface area contributed by atoms with Crippen LogP contribution in [0, 0.1) is 0 Å². The van der Waals surface area contributed by atoms with Crippen LogP contribution in [0.2, 0.25) is 0 Å². The quantitative estimate of drug-likeness (QED) is 0.484. The maximum atomic E-state index is 12.7. The van der Waals surface area contributed by atoms with Crippen molar-refractivity contribution in [1.82, 2.24) is 19.6 Å². The number of nitrogens with zero attached hydrogens (tertiary/aromatic N) is 4. The Morgan fingerprint density at radius 3 is 2.23 bits per heavy atom. The average molecular weight is 487 g/mol. The molecule has 0 saturated carbocycles. The largest absolute Gasteiger partial charge is 0.490 e. The molecule has 1 aromatic heterocycles. The Morgan fingerprint density at radius 1 is 1.03 bits per heavy atom. The number of hydrogen-bond donors (Lipinski definition) is 0. The monoisotopic (exact) mass is 486 g/mol. The van der Waals surface area contributed by atoms with Crippen LogP contribution < -0.4 is 4.74 Å². The topological polar surface area (TPSA) is 50.6 Å². The number of likely N-dealkylation sites (tertiary alicyclic amines) is 1. The summed E-state index contributed by atoms with van der Waals surface area (Å²) in [6.45, 7) is 2.62. The molecule has 1 amide bonds. The van der Waals surface area contributed by atoms with Crippen LogP contribution in [-0.4, -0.2) is 51.7 Å². The highest BCUT2D eigenvalue weighted by Gasteiger charge is 2.31. The Hall–Kier alpha value is -3.33. The number of carbonyl (C=O) groups excluding carboxylic acids is 1. The molecule has 2 aromatic carbocycles. The molecule has 6 nitrogen and oxygen atoms in total. The lowest BCUT2D eigenvalue weighted by molar-refractivity contribution is -0.137. The van der Waals surface area contributed by atoms with Crippen molar-refractivity contribution in [2.45, 2.75) is 38.2 Å². The van der Waals surface area contributed by atoms with Gasteiger partial charge < -0.3 is 9.64 Å². The van der Waals surface area contributed by atoms with E-state index in [4.69, 9.17) is 4.74 Å². The van der Waals surface area contributed by atoms with E-state index < -0.39 is 11.7 Å². The van der Waals surface area contributed by atoms with Gasteiger partial charge in [-0.25, -0.2) is 0 Å². The molecule has 9 heteroatoms. The lowest BCUT2D eigenvalue weighted by Gasteiger charge is -2.32. The first-order valence-electron chi connectivity index (χ1n) is 11.6. The van der Waals surface area contributed by atoms with Crippen molar-refractivity contribution >= 4 is 5.91 Å². The molecule has 1 saturated heterocycles. The maximum Gasteiger partial charge on any atom is 0.416 e. The lowest BCUT2D eigenvalue weighted by atomic mass is 10.1. The molecule has 35 heavy (non-hydrogen) atoms. The molecular formula is C26H29F3N4O2. The number of hydrogen-bond acceptors (Lipinski definition) is 4. The van der Waals surface area contributed by atoms with Gasteiger partial charge in [-0.3, -0.25) is 14.4 Å². The number of rotatable bonds is 7. The van der Waals surface area contributed by atoms with Crippen LogP contribution in [0.5, 0.6) is 5.75 Å². The summed E-state index contributed by atoms with van der Waals surface area (Å²) in [5, 5.41) is 4.20. The second kappa shape index (κ2) is 10.5. The standard InChI is InChI=1S/C26H29F3N4O2/c1-31(17-20-15-30-32(2)18-20)16-19-3-9-23(10-4-19)35-24-11-13-33(14-12-24)25(34)21-5-7-22(8-6-21)26(27,28)29/h3-10,15,18,24H,11-14,16-17H2,1-2H3. The number of piperidine rings is 1. The van der Waals surface area contributed by atoms with Crippen LogP contribution in [-0.2, 0) is 26.3 Å². The zero-order chi connectivity index (χ0) is 25.0. The van der Waals surface area contributed by atoms with E-state index in [0.29, 0.717) is 25.9 Å². The van der Waals surface area contributed by atoms with Crippen molar-refractivity contribution < 1.29 is 22.7 Å². The highest BCUT2D eigenvalue weighted by atomic mass is 19.4. The smallest absolute Gasteiger partial charge is 0.416 e. The van der Waals surface area contributed by atoms with Gasteiger partial charge in [0.15, 0.2) is 0 Å². The molecule has 1 aliphatic heterocycles. The van der Waals surface area contributed by atoms with Gasteiger partial charge in [-0.15, -0.1) is 0 Å². The summed E-state index contributed by atoms with van der Waals surface area (Å²) < 4.78 is 46.1. The van der Waals surface area contributed by atoms with E-state index in [1.165, 1.54) is 17.7 Å². The Kier molecular flexibility index (Phi) is 7.45. The molecule has 1 aliphatic rings. The van der Waals surface area contributed by atoms with Crippen LogP contribution in [0.3, 0.4) is 0 Å². The van der Waals surface area contributed by atoms with Gasteiger partial charge in [0, 0.05) is 63.4 Å². The summed E-state index contributed by atoms with van der Waals surface area (Å²) in [4.78, 5) is 16.6. The van der Waals surface area contributed by atoms with Crippen molar-refractivity contribution in [1.29, 1.82) is 0 Å². The predicted molar refractivity (Wildman–Crippen MR) is 126 cm³/mol. The minimum Gasteiger partial charge on any atom is -0.490 e. The Labute approximate surface area is 202 Å². The maximum absolute atomic E-state index is 12.7. The van der Waals surface area contributed by atoms with Gasteiger partial charge in [-0.05, 0) is 49.0 Å². The third-order valence-electron chi connectivity index (χ3n) is 6.08. The molecule has 186 valence electrons. The number of aryl methyl sites for hydroxylation is 1. The van der Waals surface area contributed by atoms with Crippen LogP contribution in [0.25, 0.3) is 0 Å². The van der Waals surface area contributed by atoms with E-state index in [0.717, 1.165) is 36.5 Å². The van der Waals surface area contributed by atoms with E-state index in [1.807, 2.05) is 31.6 Å². The van der Waals surface area contributed by atoms with Crippen molar-refractivity contribution in [2.24, 2.45) is 7.05 Å². The highest BCUT2D eigenvalue weighted by molar-refractivity contribution is 5.94. The molecule has 0 atom stereocenters. The van der Waals surface area contributed by atoms with Crippen LogP contribution in [0.15, 0.2) is 60.9 Å². The van der Waals surface area contributed by atoms with E-state index in [2.05, 4.69) is 29.2 Å². The van der Waals surface area contributed by atoms with Crippen molar-refractivity contribution in [2.75, 3.05) is 20.1 Å². The number of amides is 1. The van der Waals surface area contributed by atoms with Gasteiger partial charge in [-0.1, -0.05) is 12.1 Å². The Morgan fingerprint density at radius 2 is 1.66 bits per heavy atom. The van der Waals surface area contributed by atoms with Crippen molar-refractivity contribution in [3.05, 3.63) is 83.2 Å². The summed E-state index contributed by atoms with van der Waals surface area (Å²) >= 11 is 0. The predicted octanol–water partition coefficient (Wildman–Crippen LogP) is 4.75. The average Bonchev–Trinajstić information content (AvgIpc) is 3.24. The van der Waals surface area contributed by atoms with Gasteiger partial charge in [0.05, 0.1) is 11.8 Å². The first kappa shape index (κ1) is 24.8. The minimum atomic E-state index is -4.41. The molecule has 0 unspecified atom stereocenters. The van der Waals surface area contributed by atoms with Gasteiger partial charge in [0.1, 0.15) is 11.9 Å². The van der Waals surface area contributed by atoms with Crippen molar-refractivity contribution in [3.8, 4) is 5.75 Å². The van der Waals surface area contributed by atoms with Gasteiger partial charge in [0.2, 0.25) is 0 Å². The van der Waals surface area contributed by atoms with E-state index >= 15 is 0 Å². The third kappa shape index (κ3) is 6.63. The minimum absolute atomic E-state index is 0.00856. The van der Waals surface area contributed by atoms with Crippen LogP contribution >= 0.6 is 0 Å². The van der Waals surface area contributed by atoms with Gasteiger partial charge >= 0.3 is 6.18 Å².